The fourth-order valence-electron chi connectivity index (χ4n) is 2.92. The number of thiophene rings is 1. The summed E-state index contributed by atoms with van der Waals surface area (Å²) in [4.78, 5) is 31.4. The van der Waals surface area contributed by atoms with Crippen LogP contribution in [0.25, 0.3) is 21.7 Å². The van der Waals surface area contributed by atoms with Crippen molar-refractivity contribution in [2.75, 3.05) is 19.5 Å². The Morgan fingerprint density at radius 3 is 2.67 bits per heavy atom. The van der Waals surface area contributed by atoms with E-state index in [0.29, 0.717) is 44.5 Å². The second-order valence-corrected chi connectivity index (χ2v) is 7.29. The predicted molar refractivity (Wildman–Crippen MR) is 114 cm³/mol. The Balaban J connectivity index is 1.60. The Labute approximate surface area is 174 Å². The van der Waals surface area contributed by atoms with Crippen molar-refractivity contribution >= 4 is 39.0 Å². The lowest BCUT2D eigenvalue weighted by atomic mass is 10.2. The highest BCUT2D eigenvalue weighted by atomic mass is 32.1. The number of H-pyrrole nitrogens is 1. The Morgan fingerprint density at radius 1 is 1.13 bits per heavy atom. The minimum atomic E-state index is -0.438. The molecule has 0 saturated carbocycles. The van der Waals surface area contributed by atoms with Crippen molar-refractivity contribution in [3.05, 3.63) is 64.2 Å². The van der Waals surface area contributed by atoms with Crippen molar-refractivity contribution in [3.63, 3.8) is 0 Å². The van der Waals surface area contributed by atoms with E-state index < -0.39 is 4.92 Å². The standard InChI is InChI=1S/C20H16N4O5S/c1-28-12-4-6-14(16(10-12)29-2)23-20(25)11-3-5-13-15(9-11)22-19(21-13)17-7-8-18(30-17)24(26)27/h3-10H,1-2H3,(H,21,22)(H,23,25). The zero-order valence-corrected chi connectivity index (χ0v) is 16.8. The molecule has 1 amide bonds. The molecule has 2 N–H and O–H groups in total. The van der Waals surface area contributed by atoms with E-state index in [1.54, 1.807) is 49.6 Å². The van der Waals surface area contributed by atoms with Crippen molar-refractivity contribution in [2.24, 2.45) is 0 Å². The van der Waals surface area contributed by atoms with Crippen LogP contribution in [0.1, 0.15) is 10.4 Å². The summed E-state index contributed by atoms with van der Waals surface area (Å²) in [5.41, 5.74) is 2.24. The first-order valence-electron chi connectivity index (χ1n) is 8.76. The molecule has 152 valence electrons. The molecule has 0 bridgehead atoms. The van der Waals surface area contributed by atoms with Gasteiger partial charge in [0.15, 0.2) is 0 Å². The summed E-state index contributed by atoms with van der Waals surface area (Å²) in [6.45, 7) is 0. The highest BCUT2D eigenvalue weighted by Crippen LogP contribution is 2.32. The van der Waals surface area contributed by atoms with Gasteiger partial charge in [0.2, 0.25) is 0 Å². The number of methoxy groups -OCH3 is 2. The predicted octanol–water partition coefficient (Wildman–Crippen LogP) is 4.47. The Hall–Kier alpha value is -3.92. The molecule has 0 aliphatic rings. The molecule has 2 heterocycles. The number of nitrogens with one attached hydrogen (secondary N) is 2. The first-order valence-corrected chi connectivity index (χ1v) is 9.58. The molecule has 2 aromatic heterocycles. The number of fused-ring (bicyclic) bond motifs is 1. The van der Waals surface area contributed by atoms with Crippen molar-refractivity contribution in [3.8, 4) is 22.2 Å². The van der Waals surface area contributed by atoms with Gasteiger partial charge in [-0.1, -0.05) is 11.3 Å². The molecule has 0 aliphatic heterocycles. The molecule has 0 fully saturated rings. The summed E-state index contributed by atoms with van der Waals surface area (Å²) < 4.78 is 10.5. The van der Waals surface area contributed by atoms with Crippen LogP contribution in [0, 0.1) is 10.1 Å². The Kier molecular flexibility index (Phi) is 5.07. The molecule has 0 saturated heterocycles. The van der Waals surface area contributed by atoms with Gasteiger partial charge in [0, 0.05) is 17.7 Å². The summed E-state index contributed by atoms with van der Waals surface area (Å²) in [5.74, 6) is 1.29. The van der Waals surface area contributed by atoms with Gasteiger partial charge in [-0.05, 0) is 36.4 Å². The van der Waals surface area contributed by atoms with E-state index in [0.717, 1.165) is 11.3 Å². The topological polar surface area (TPSA) is 119 Å². The smallest absolute Gasteiger partial charge is 0.324 e. The van der Waals surface area contributed by atoms with E-state index in [-0.39, 0.29) is 10.9 Å². The number of imidazole rings is 1. The first kappa shape index (κ1) is 19.4. The number of aromatic amines is 1. The van der Waals surface area contributed by atoms with Crippen LogP contribution in [0.15, 0.2) is 48.5 Å². The maximum atomic E-state index is 12.7. The number of aromatic nitrogens is 2. The summed E-state index contributed by atoms with van der Waals surface area (Å²) >= 11 is 1.03. The fourth-order valence-corrected chi connectivity index (χ4v) is 3.68. The van der Waals surface area contributed by atoms with Gasteiger partial charge in [0.1, 0.15) is 17.3 Å². The highest BCUT2D eigenvalue weighted by Gasteiger charge is 2.16. The molecule has 0 atom stereocenters. The molecule has 0 radical (unpaired) electrons. The molecular weight excluding hydrogens is 408 g/mol. The van der Waals surface area contributed by atoms with Crippen LogP contribution in [0.5, 0.6) is 11.5 Å². The molecule has 4 aromatic rings. The minimum Gasteiger partial charge on any atom is -0.497 e. The second-order valence-electron chi connectivity index (χ2n) is 6.23. The van der Waals surface area contributed by atoms with Crippen molar-refractivity contribution in [1.29, 1.82) is 0 Å². The van der Waals surface area contributed by atoms with Crippen LogP contribution >= 0.6 is 11.3 Å². The number of hydrogen-bond donors (Lipinski definition) is 2. The van der Waals surface area contributed by atoms with Gasteiger partial charge in [0.25, 0.3) is 5.91 Å². The molecule has 2 aromatic carbocycles. The number of nitrogens with zero attached hydrogens (tertiary/aromatic N) is 2. The zero-order chi connectivity index (χ0) is 21.3. The van der Waals surface area contributed by atoms with E-state index in [2.05, 4.69) is 15.3 Å². The molecule has 30 heavy (non-hydrogen) atoms. The quantitative estimate of drug-likeness (QED) is 0.348. The average Bonchev–Trinajstić information content (AvgIpc) is 3.40. The van der Waals surface area contributed by atoms with Gasteiger partial charge in [-0.25, -0.2) is 4.98 Å². The molecule has 0 aliphatic carbocycles. The van der Waals surface area contributed by atoms with Crippen LogP contribution < -0.4 is 14.8 Å². The van der Waals surface area contributed by atoms with Gasteiger partial charge in [-0.15, -0.1) is 0 Å². The average molecular weight is 424 g/mol. The van der Waals surface area contributed by atoms with Crippen LogP contribution in [0.4, 0.5) is 10.7 Å². The summed E-state index contributed by atoms with van der Waals surface area (Å²) in [6, 6.07) is 13.2. The van der Waals surface area contributed by atoms with Crippen molar-refractivity contribution in [1.82, 2.24) is 9.97 Å². The van der Waals surface area contributed by atoms with E-state index in [1.807, 2.05) is 0 Å². The van der Waals surface area contributed by atoms with Gasteiger partial charge in [0.05, 0.1) is 40.7 Å². The van der Waals surface area contributed by atoms with Crippen molar-refractivity contribution in [2.45, 2.75) is 0 Å². The largest absolute Gasteiger partial charge is 0.497 e. The van der Waals surface area contributed by atoms with Gasteiger partial charge >= 0.3 is 5.00 Å². The number of benzene rings is 2. The van der Waals surface area contributed by atoms with E-state index >= 15 is 0 Å². The Morgan fingerprint density at radius 2 is 1.97 bits per heavy atom. The van der Waals surface area contributed by atoms with Crippen LogP contribution in [-0.2, 0) is 0 Å². The lowest BCUT2D eigenvalue weighted by Gasteiger charge is -2.11. The Bertz CT molecular complexity index is 1260. The van der Waals surface area contributed by atoms with Gasteiger partial charge in [-0.2, -0.15) is 0 Å². The van der Waals surface area contributed by atoms with E-state index in [1.165, 1.54) is 13.2 Å². The summed E-state index contributed by atoms with van der Waals surface area (Å²) in [6.07, 6.45) is 0. The maximum absolute atomic E-state index is 12.7. The third-order valence-corrected chi connectivity index (χ3v) is 5.45. The molecule has 10 heteroatoms. The first-order chi connectivity index (χ1) is 14.5. The number of carbonyl (C=O) groups excluding carboxylic acids is 1. The van der Waals surface area contributed by atoms with Gasteiger partial charge < -0.3 is 19.8 Å². The number of carbonyl (C=O) groups is 1. The summed E-state index contributed by atoms with van der Waals surface area (Å²) in [7, 11) is 3.06. The van der Waals surface area contributed by atoms with E-state index in [9.17, 15) is 14.9 Å². The van der Waals surface area contributed by atoms with Crippen LogP contribution in [-0.4, -0.2) is 35.0 Å². The van der Waals surface area contributed by atoms with Crippen molar-refractivity contribution < 1.29 is 19.2 Å². The lowest BCUT2D eigenvalue weighted by Crippen LogP contribution is -2.12. The molecule has 9 nitrogen and oxygen atoms in total. The molecule has 0 unspecified atom stereocenters. The number of ether oxygens (including phenoxy) is 2. The fraction of sp³-hybridized carbons (Fsp3) is 0.100. The third-order valence-electron chi connectivity index (χ3n) is 4.41. The number of rotatable bonds is 6. The summed E-state index contributed by atoms with van der Waals surface area (Å²) in [5, 5.41) is 13.8. The van der Waals surface area contributed by atoms with Crippen LogP contribution in [0.2, 0.25) is 0 Å². The SMILES string of the molecule is COc1ccc(NC(=O)c2ccc3nc(-c4ccc([N+](=O)[O-])s4)[nH]c3c2)c(OC)c1. The maximum Gasteiger partial charge on any atom is 0.324 e. The second kappa shape index (κ2) is 7.84. The third kappa shape index (κ3) is 3.67. The number of amides is 1. The highest BCUT2D eigenvalue weighted by molar-refractivity contribution is 7.18. The van der Waals surface area contributed by atoms with Crippen LogP contribution in [0.3, 0.4) is 0 Å². The zero-order valence-electron chi connectivity index (χ0n) is 16.0. The van der Waals surface area contributed by atoms with E-state index in [4.69, 9.17) is 9.47 Å². The molecule has 4 rings (SSSR count). The normalized spacial score (nSPS) is 10.7. The molecular formula is C20H16N4O5S. The monoisotopic (exact) mass is 424 g/mol. The molecule has 0 spiro atoms. The lowest BCUT2D eigenvalue weighted by molar-refractivity contribution is -0.380. The van der Waals surface area contributed by atoms with Gasteiger partial charge in [-0.3, -0.25) is 14.9 Å². The number of anilines is 1. The number of hydrogen-bond acceptors (Lipinski definition) is 7. The number of nitro groups is 1. The minimum absolute atomic E-state index is 0.0407.